The molecule has 0 saturated carbocycles. The summed E-state index contributed by atoms with van der Waals surface area (Å²) in [5.74, 6) is -0.319. The third kappa shape index (κ3) is 13.0. The van der Waals surface area contributed by atoms with Gasteiger partial charge in [-0.15, -0.1) is 0 Å². The Morgan fingerprint density at radius 1 is 1.09 bits per heavy atom. The van der Waals surface area contributed by atoms with Crippen molar-refractivity contribution < 1.29 is 19.8 Å². The van der Waals surface area contributed by atoms with Gasteiger partial charge in [0.15, 0.2) is 0 Å². The van der Waals surface area contributed by atoms with E-state index in [2.05, 4.69) is 61.2 Å². The van der Waals surface area contributed by atoms with Gasteiger partial charge in [0.1, 0.15) is 18.4 Å². The minimum Gasteiger partial charge on any atom is -0.480 e. The fourth-order valence-corrected chi connectivity index (χ4v) is 3.97. The van der Waals surface area contributed by atoms with Crippen LogP contribution in [0.3, 0.4) is 0 Å². The highest BCUT2D eigenvalue weighted by atomic mass is 32.2. The molecule has 188 valence electrons. The van der Waals surface area contributed by atoms with Gasteiger partial charge < -0.3 is 20.4 Å². The highest BCUT2D eigenvalue weighted by Gasteiger charge is 2.18. The number of hydrogen-bond acceptors (Lipinski definition) is 7. The van der Waals surface area contributed by atoms with Crippen molar-refractivity contribution in [1.29, 1.82) is 0 Å². The summed E-state index contributed by atoms with van der Waals surface area (Å²) >= 11 is 1.54. The standard InChI is InChI=1S/C25H38N4O4S/c1-18(2)8-6-9-19(3)10-7-11-20(4)13-15-34-17-21(24(32)33)27-22-12-14-26-25(28-22)29(5)16-23(30)31/h8,10,12-14,21H,6-7,9,11,15-17H2,1-5H3,(H,30,31)(H,32,33)(H,26,27,28)/b19-10+,20-13+. The number of nitrogens with zero attached hydrogens (tertiary/aromatic N) is 3. The summed E-state index contributed by atoms with van der Waals surface area (Å²) in [7, 11) is 1.56. The third-order valence-corrected chi connectivity index (χ3v) is 5.91. The number of carbonyl (C=O) groups is 2. The van der Waals surface area contributed by atoms with E-state index in [-0.39, 0.29) is 12.5 Å². The molecule has 0 aromatic carbocycles. The lowest BCUT2D eigenvalue weighted by molar-refractivity contribution is -0.137. The maximum Gasteiger partial charge on any atom is 0.327 e. The molecule has 0 fully saturated rings. The van der Waals surface area contributed by atoms with Crippen LogP contribution < -0.4 is 10.2 Å². The number of likely N-dealkylation sites (N-methyl/N-ethyl adjacent to an activating group) is 1. The lowest BCUT2D eigenvalue weighted by Crippen LogP contribution is -2.33. The van der Waals surface area contributed by atoms with E-state index in [9.17, 15) is 14.7 Å². The second-order valence-electron chi connectivity index (χ2n) is 8.52. The number of anilines is 2. The van der Waals surface area contributed by atoms with Crippen molar-refractivity contribution in [3.05, 3.63) is 47.2 Å². The van der Waals surface area contributed by atoms with E-state index >= 15 is 0 Å². The Morgan fingerprint density at radius 2 is 1.74 bits per heavy atom. The molecule has 0 aliphatic rings. The summed E-state index contributed by atoms with van der Waals surface area (Å²) < 4.78 is 0. The van der Waals surface area contributed by atoms with Gasteiger partial charge in [0.05, 0.1) is 0 Å². The van der Waals surface area contributed by atoms with Gasteiger partial charge in [-0.05, 0) is 59.4 Å². The van der Waals surface area contributed by atoms with E-state index in [0.29, 0.717) is 11.6 Å². The Hall–Kier alpha value is -2.81. The lowest BCUT2D eigenvalue weighted by Gasteiger charge is -2.17. The second-order valence-corrected chi connectivity index (χ2v) is 9.60. The van der Waals surface area contributed by atoms with E-state index in [1.807, 2.05) is 0 Å². The van der Waals surface area contributed by atoms with Gasteiger partial charge in [-0.3, -0.25) is 4.79 Å². The number of carboxylic acids is 2. The SMILES string of the molecule is CC(C)=CCC/C(C)=C/CC/C(C)=C/CSCC(Nc1ccnc(N(C)CC(=O)O)n1)C(=O)O. The van der Waals surface area contributed by atoms with Crippen LogP contribution in [-0.2, 0) is 9.59 Å². The summed E-state index contributed by atoms with van der Waals surface area (Å²) in [4.78, 5) is 32.2. The molecule has 9 heteroatoms. The number of allylic oxidation sites excluding steroid dienone is 5. The van der Waals surface area contributed by atoms with Crippen LogP contribution in [0.1, 0.15) is 53.4 Å². The fraction of sp³-hybridized carbons (Fsp3) is 0.520. The first-order chi connectivity index (χ1) is 16.1. The van der Waals surface area contributed by atoms with Gasteiger partial charge in [-0.2, -0.15) is 16.7 Å². The molecule has 0 aliphatic carbocycles. The number of aliphatic carboxylic acids is 2. The quantitative estimate of drug-likeness (QED) is 0.217. The van der Waals surface area contributed by atoms with Crippen LogP contribution in [0.25, 0.3) is 0 Å². The van der Waals surface area contributed by atoms with Gasteiger partial charge in [-0.1, -0.05) is 34.9 Å². The first-order valence-electron chi connectivity index (χ1n) is 11.4. The largest absolute Gasteiger partial charge is 0.480 e. The average molecular weight is 491 g/mol. The molecule has 0 bridgehead atoms. The topological polar surface area (TPSA) is 116 Å². The summed E-state index contributed by atoms with van der Waals surface area (Å²) in [6.45, 7) is 8.28. The predicted molar refractivity (Wildman–Crippen MR) is 141 cm³/mol. The van der Waals surface area contributed by atoms with Crippen molar-refractivity contribution in [3.8, 4) is 0 Å². The summed E-state index contributed by atoms with van der Waals surface area (Å²) in [5, 5.41) is 21.4. The second kappa shape index (κ2) is 15.9. The Labute approximate surface area is 207 Å². The molecule has 1 aromatic heterocycles. The molecule has 0 aliphatic heterocycles. The normalized spacial score (nSPS) is 12.7. The molecule has 1 heterocycles. The minimum absolute atomic E-state index is 0.212. The maximum absolute atomic E-state index is 11.7. The number of aromatic nitrogens is 2. The maximum atomic E-state index is 11.7. The van der Waals surface area contributed by atoms with Crippen LogP contribution in [0.5, 0.6) is 0 Å². The molecule has 0 spiro atoms. The third-order valence-electron chi connectivity index (χ3n) is 4.93. The van der Waals surface area contributed by atoms with Crippen LogP contribution in [0.15, 0.2) is 47.2 Å². The zero-order chi connectivity index (χ0) is 25.5. The zero-order valence-corrected chi connectivity index (χ0v) is 21.7. The molecule has 0 amide bonds. The lowest BCUT2D eigenvalue weighted by atomic mass is 10.1. The monoisotopic (exact) mass is 490 g/mol. The van der Waals surface area contributed by atoms with Crippen LogP contribution in [0, 0.1) is 0 Å². The molecule has 34 heavy (non-hydrogen) atoms. The summed E-state index contributed by atoms with van der Waals surface area (Å²) in [6.07, 6.45) is 12.4. The Bertz CT molecular complexity index is 895. The van der Waals surface area contributed by atoms with Gasteiger partial charge in [0.25, 0.3) is 0 Å². The molecular weight excluding hydrogens is 452 g/mol. The van der Waals surface area contributed by atoms with Crippen LogP contribution >= 0.6 is 11.8 Å². The molecule has 8 nitrogen and oxygen atoms in total. The fourth-order valence-electron chi connectivity index (χ4n) is 2.97. The first kappa shape index (κ1) is 29.2. The van der Waals surface area contributed by atoms with Crippen LogP contribution in [-0.4, -0.2) is 63.3 Å². The number of hydrogen-bond donors (Lipinski definition) is 3. The molecule has 1 atom stereocenters. The van der Waals surface area contributed by atoms with Crippen LogP contribution in [0.2, 0.25) is 0 Å². The molecule has 3 N–H and O–H groups in total. The summed E-state index contributed by atoms with van der Waals surface area (Å²) in [6, 6.07) is 0.746. The Balaban J connectivity index is 2.49. The van der Waals surface area contributed by atoms with Crippen molar-refractivity contribution in [2.24, 2.45) is 0 Å². The zero-order valence-electron chi connectivity index (χ0n) is 20.9. The minimum atomic E-state index is -1.00. The van der Waals surface area contributed by atoms with E-state index in [4.69, 9.17) is 5.11 Å². The number of thioether (sulfide) groups is 1. The van der Waals surface area contributed by atoms with Gasteiger partial charge >= 0.3 is 11.9 Å². The number of nitrogens with one attached hydrogen (secondary N) is 1. The predicted octanol–water partition coefficient (Wildman–Crippen LogP) is 5.01. The van der Waals surface area contributed by atoms with E-state index in [1.54, 1.807) is 13.1 Å². The molecule has 1 unspecified atom stereocenters. The molecule has 0 radical (unpaired) electrons. The summed E-state index contributed by atoms with van der Waals surface area (Å²) in [5.41, 5.74) is 4.06. The van der Waals surface area contributed by atoms with Gasteiger partial charge in [-0.25, -0.2) is 9.78 Å². The number of rotatable bonds is 16. The van der Waals surface area contributed by atoms with E-state index in [1.165, 1.54) is 39.6 Å². The van der Waals surface area contributed by atoms with Crippen molar-refractivity contribution in [2.75, 3.05) is 35.3 Å². The average Bonchev–Trinajstić information content (AvgIpc) is 2.75. The smallest absolute Gasteiger partial charge is 0.327 e. The van der Waals surface area contributed by atoms with Crippen molar-refractivity contribution in [1.82, 2.24) is 9.97 Å². The molecular formula is C25H38N4O4S. The molecule has 1 rings (SSSR count). The molecule has 0 saturated heterocycles. The van der Waals surface area contributed by atoms with Gasteiger partial charge in [0, 0.05) is 24.8 Å². The van der Waals surface area contributed by atoms with E-state index < -0.39 is 18.0 Å². The number of carboxylic acid groups (broad SMARTS) is 2. The Morgan fingerprint density at radius 3 is 2.35 bits per heavy atom. The Kier molecular flexibility index (Phi) is 13.7. The molecule has 1 aromatic rings. The first-order valence-corrected chi connectivity index (χ1v) is 12.5. The van der Waals surface area contributed by atoms with Gasteiger partial charge in [0.2, 0.25) is 5.95 Å². The highest BCUT2D eigenvalue weighted by Crippen LogP contribution is 2.15. The van der Waals surface area contributed by atoms with Crippen molar-refractivity contribution in [2.45, 2.75) is 59.4 Å². The highest BCUT2D eigenvalue weighted by molar-refractivity contribution is 7.99. The van der Waals surface area contributed by atoms with Crippen LogP contribution in [0.4, 0.5) is 11.8 Å². The van der Waals surface area contributed by atoms with Crippen molar-refractivity contribution in [3.63, 3.8) is 0 Å². The van der Waals surface area contributed by atoms with E-state index in [0.717, 1.165) is 31.4 Å². The van der Waals surface area contributed by atoms with Crippen molar-refractivity contribution >= 4 is 35.5 Å².